The van der Waals surface area contributed by atoms with E-state index in [0.29, 0.717) is 25.1 Å². The molecule has 8 nitrogen and oxygen atoms in total. The zero-order valence-electron chi connectivity index (χ0n) is 23.8. The maximum Gasteiger partial charge on any atom is 0.408 e. The average molecular weight is 551 g/mol. The van der Waals surface area contributed by atoms with Crippen LogP contribution in [-0.4, -0.2) is 39.5 Å². The highest BCUT2D eigenvalue weighted by atomic mass is 19.1. The number of amides is 2. The van der Waals surface area contributed by atoms with E-state index >= 15 is 0 Å². The number of halogens is 1. The van der Waals surface area contributed by atoms with Crippen LogP contribution in [0.5, 0.6) is 0 Å². The molecule has 40 heavy (non-hydrogen) atoms. The molecular formula is C31H39FN4O4. The van der Waals surface area contributed by atoms with Gasteiger partial charge in [0, 0.05) is 17.2 Å². The van der Waals surface area contributed by atoms with Gasteiger partial charge < -0.3 is 19.9 Å². The Labute approximate surface area is 235 Å². The molecule has 3 aromatic rings. The number of imidazole rings is 1. The number of hydrogen-bond donors (Lipinski definition) is 2. The van der Waals surface area contributed by atoms with Crippen molar-refractivity contribution in [3.63, 3.8) is 0 Å². The number of nitrogens with zero attached hydrogens (tertiary/aromatic N) is 2. The van der Waals surface area contributed by atoms with Crippen molar-refractivity contribution in [2.45, 2.75) is 78.6 Å². The number of carbonyl (C=O) groups excluding carboxylic acids is 3. The Morgan fingerprint density at radius 1 is 1.02 bits per heavy atom. The van der Waals surface area contributed by atoms with Gasteiger partial charge in [0.1, 0.15) is 18.0 Å². The number of rotatable bonds is 12. The fourth-order valence-electron chi connectivity index (χ4n) is 4.14. The number of aromatic nitrogens is 2. The van der Waals surface area contributed by atoms with Gasteiger partial charge in [-0.05, 0) is 43.2 Å². The van der Waals surface area contributed by atoms with E-state index in [9.17, 15) is 18.8 Å². The molecule has 0 aliphatic rings. The molecule has 2 amide bonds. The summed E-state index contributed by atoms with van der Waals surface area (Å²) in [4.78, 5) is 43.3. The molecular weight excluding hydrogens is 511 g/mol. The average Bonchev–Trinajstić information content (AvgIpc) is 3.39. The second-order valence-corrected chi connectivity index (χ2v) is 11.0. The van der Waals surface area contributed by atoms with Gasteiger partial charge in [-0.25, -0.2) is 14.2 Å². The van der Waals surface area contributed by atoms with E-state index in [4.69, 9.17) is 4.74 Å². The number of hydrogen-bond acceptors (Lipinski definition) is 5. The van der Waals surface area contributed by atoms with Crippen LogP contribution in [0.15, 0.2) is 67.1 Å². The highest BCUT2D eigenvalue weighted by molar-refractivity contribution is 6.38. The summed E-state index contributed by atoms with van der Waals surface area (Å²) in [6, 6.07) is 14.0. The lowest BCUT2D eigenvalue weighted by atomic mass is 9.89. The predicted molar refractivity (Wildman–Crippen MR) is 152 cm³/mol. The Hall–Kier alpha value is -4.01. The molecule has 0 fully saturated rings. The number of ketones is 1. The lowest BCUT2D eigenvalue weighted by Crippen LogP contribution is -2.49. The van der Waals surface area contributed by atoms with Crippen LogP contribution in [0.1, 0.15) is 65.5 Å². The molecule has 0 spiro atoms. The predicted octanol–water partition coefficient (Wildman–Crippen LogP) is 5.84. The van der Waals surface area contributed by atoms with E-state index in [-0.39, 0.29) is 11.9 Å². The molecule has 214 valence electrons. The number of nitrogens with one attached hydrogen (secondary N) is 2. The molecule has 0 saturated heterocycles. The van der Waals surface area contributed by atoms with Crippen LogP contribution >= 0.6 is 0 Å². The third kappa shape index (κ3) is 8.76. The molecule has 1 heterocycles. The van der Waals surface area contributed by atoms with Gasteiger partial charge in [-0.2, -0.15) is 0 Å². The van der Waals surface area contributed by atoms with E-state index in [1.165, 1.54) is 12.1 Å². The number of alkyl carbamates (subject to hydrolysis) is 1. The third-order valence-corrected chi connectivity index (χ3v) is 6.69. The van der Waals surface area contributed by atoms with Crippen LogP contribution < -0.4 is 10.6 Å². The van der Waals surface area contributed by atoms with E-state index in [1.807, 2.05) is 58.0 Å². The summed E-state index contributed by atoms with van der Waals surface area (Å²) in [5.74, 6) is -1.79. The molecule has 0 unspecified atom stereocenters. The summed E-state index contributed by atoms with van der Waals surface area (Å²) in [7, 11) is 0. The van der Waals surface area contributed by atoms with E-state index < -0.39 is 35.3 Å². The van der Waals surface area contributed by atoms with Crippen LogP contribution in [0.2, 0.25) is 0 Å². The van der Waals surface area contributed by atoms with E-state index in [1.54, 1.807) is 36.1 Å². The van der Waals surface area contributed by atoms with Crippen molar-refractivity contribution in [2.75, 3.05) is 0 Å². The molecule has 2 N–H and O–H groups in total. The number of carbonyl (C=O) groups is 3. The fraction of sp³-hybridized carbons (Fsp3) is 0.419. The number of ether oxygens (including phenoxy) is 1. The SMILES string of the molecule is CCCC[C@H](NC(=O)O[C@H](Cn1cnc(-c2ccc(F)cc2)c1)C(C)(C)C)C(=O)C(=O)N[C@H](C)c1ccccc1. The topological polar surface area (TPSA) is 102 Å². The summed E-state index contributed by atoms with van der Waals surface area (Å²) < 4.78 is 20.9. The molecule has 1 aromatic heterocycles. The zero-order valence-corrected chi connectivity index (χ0v) is 23.8. The van der Waals surface area contributed by atoms with Crippen molar-refractivity contribution in [2.24, 2.45) is 5.41 Å². The minimum absolute atomic E-state index is 0.313. The monoisotopic (exact) mass is 550 g/mol. The second kappa shape index (κ2) is 13.9. The van der Waals surface area contributed by atoms with Crippen LogP contribution in [0.4, 0.5) is 9.18 Å². The minimum Gasteiger partial charge on any atom is -0.444 e. The number of benzene rings is 2. The van der Waals surface area contributed by atoms with Crippen LogP contribution in [0.25, 0.3) is 11.3 Å². The van der Waals surface area contributed by atoms with E-state index in [2.05, 4.69) is 15.6 Å². The smallest absolute Gasteiger partial charge is 0.408 e. The Bertz CT molecular complexity index is 1270. The van der Waals surface area contributed by atoms with Gasteiger partial charge in [0.05, 0.1) is 24.6 Å². The maximum absolute atomic E-state index is 13.3. The maximum atomic E-state index is 13.3. The molecule has 0 bridgehead atoms. The standard InChI is InChI=1S/C31H39FN4O4/c1-6-7-13-25(28(37)29(38)34-21(2)22-11-9-8-10-12-22)35-30(39)40-27(31(3,4)5)19-36-18-26(33-20-36)23-14-16-24(32)17-15-23/h8-12,14-18,20-21,25,27H,6-7,13,19H2,1-5H3,(H,34,38)(H,35,39)/t21-,25+,27-/m1/s1. The van der Waals surface area contributed by atoms with Gasteiger partial charge in [-0.3, -0.25) is 9.59 Å². The van der Waals surface area contributed by atoms with Gasteiger partial charge in [-0.15, -0.1) is 0 Å². The van der Waals surface area contributed by atoms with Gasteiger partial charge in [-0.1, -0.05) is 70.9 Å². The first-order valence-electron chi connectivity index (χ1n) is 13.6. The Balaban J connectivity index is 1.66. The highest BCUT2D eigenvalue weighted by Crippen LogP contribution is 2.25. The third-order valence-electron chi connectivity index (χ3n) is 6.69. The molecule has 2 aromatic carbocycles. The Kier molecular flexibility index (Phi) is 10.6. The van der Waals surface area contributed by atoms with Gasteiger partial charge in [0.15, 0.2) is 0 Å². The van der Waals surface area contributed by atoms with Gasteiger partial charge >= 0.3 is 6.09 Å². The van der Waals surface area contributed by atoms with Crippen LogP contribution in [0.3, 0.4) is 0 Å². The van der Waals surface area contributed by atoms with Crippen LogP contribution in [-0.2, 0) is 20.9 Å². The summed E-state index contributed by atoms with van der Waals surface area (Å²) >= 11 is 0. The summed E-state index contributed by atoms with van der Waals surface area (Å²) in [5, 5.41) is 5.37. The molecule has 0 radical (unpaired) electrons. The quantitative estimate of drug-likeness (QED) is 0.276. The normalized spacial score (nSPS) is 13.7. The second-order valence-electron chi connectivity index (χ2n) is 11.0. The van der Waals surface area contributed by atoms with Gasteiger partial charge in [0.2, 0.25) is 5.78 Å². The van der Waals surface area contributed by atoms with Crippen LogP contribution in [0, 0.1) is 11.2 Å². The van der Waals surface area contributed by atoms with Crippen molar-refractivity contribution in [1.29, 1.82) is 0 Å². The van der Waals surface area contributed by atoms with Crippen molar-refractivity contribution in [3.05, 3.63) is 78.5 Å². The fourth-order valence-corrected chi connectivity index (χ4v) is 4.14. The first kappa shape index (κ1) is 30.5. The summed E-state index contributed by atoms with van der Waals surface area (Å²) in [6.45, 7) is 9.92. The first-order valence-corrected chi connectivity index (χ1v) is 13.6. The van der Waals surface area contributed by atoms with Crippen molar-refractivity contribution in [3.8, 4) is 11.3 Å². The number of Topliss-reactive ketones (excluding diaryl/α,β-unsaturated/α-hetero) is 1. The minimum atomic E-state index is -1.01. The van der Waals surface area contributed by atoms with Crippen molar-refractivity contribution >= 4 is 17.8 Å². The number of unbranched alkanes of at least 4 members (excludes halogenated alkanes) is 1. The molecule has 0 aliphatic heterocycles. The molecule has 3 atom stereocenters. The lowest BCUT2D eigenvalue weighted by Gasteiger charge is -2.31. The molecule has 0 aliphatic carbocycles. The molecule has 9 heteroatoms. The largest absolute Gasteiger partial charge is 0.444 e. The summed E-state index contributed by atoms with van der Waals surface area (Å²) in [5.41, 5.74) is 1.86. The first-order chi connectivity index (χ1) is 19.0. The molecule has 0 saturated carbocycles. The van der Waals surface area contributed by atoms with E-state index in [0.717, 1.165) is 17.5 Å². The zero-order chi connectivity index (χ0) is 29.3. The lowest BCUT2D eigenvalue weighted by molar-refractivity contribution is -0.139. The molecule has 3 rings (SSSR count). The van der Waals surface area contributed by atoms with Crippen molar-refractivity contribution < 1.29 is 23.5 Å². The van der Waals surface area contributed by atoms with Crippen molar-refractivity contribution in [1.82, 2.24) is 20.2 Å². The highest BCUT2D eigenvalue weighted by Gasteiger charge is 2.32. The Morgan fingerprint density at radius 2 is 1.70 bits per heavy atom. The summed E-state index contributed by atoms with van der Waals surface area (Å²) in [6.07, 6.45) is 3.87. The van der Waals surface area contributed by atoms with Gasteiger partial charge in [0.25, 0.3) is 5.91 Å². The Morgan fingerprint density at radius 3 is 2.33 bits per heavy atom.